The minimum absolute atomic E-state index is 0.0179. The van der Waals surface area contributed by atoms with Crippen LogP contribution >= 0.6 is 11.3 Å². The summed E-state index contributed by atoms with van der Waals surface area (Å²) in [7, 11) is 0. The zero-order valence-electron chi connectivity index (χ0n) is 15.9. The Kier molecular flexibility index (Phi) is 6.30. The molecular formula is C21H28N2O2S. The lowest BCUT2D eigenvalue weighted by Gasteiger charge is -2.15. The van der Waals surface area contributed by atoms with Crippen molar-refractivity contribution in [2.45, 2.75) is 71.9 Å². The summed E-state index contributed by atoms with van der Waals surface area (Å²) in [5, 5.41) is 4.05. The van der Waals surface area contributed by atoms with Crippen LogP contribution in [0.4, 0.5) is 0 Å². The third-order valence-electron chi connectivity index (χ3n) is 5.08. The van der Waals surface area contributed by atoms with E-state index in [-0.39, 0.29) is 5.91 Å². The number of hydrogen-bond donors (Lipinski definition) is 1. The van der Waals surface area contributed by atoms with Crippen LogP contribution in [0.1, 0.15) is 70.0 Å². The largest absolute Gasteiger partial charge is 0.486 e. The van der Waals surface area contributed by atoms with E-state index in [1.165, 1.54) is 48.1 Å². The number of rotatable bonds is 5. The van der Waals surface area contributed by atoms with Gasteiger partial charge in [-0.3, -0.25) is 4.79 Å². The Morgan fingerprint density at radius 2 is 1.88 bits per heavy atom. The molecule has 1 fully saturated rings. The second kappa shape index (κ2) is 8.67. The van der Waals surface area contributed by atoms with Crippen LogP contribution in [0.25, 0.3) is 0 Å². The zero-order chi connectivity index (χ0) is 18.5. The first-order chi connectivity index (χ1) is 12.5. The molecule has 1 aromatic carbocycles. The van der Waals surface area contributed by atoms with Gasteiger partial charge in [0.15, 0.2) is 0 Å². The van der Waals surface area contributed by atoms with Crippen molar-refractivity contribution >= 4 is 17.2 Å². The van der Waals surface area contributed by atoms with Crippen LogP contribution in [0.3, 0.4) is 0 Å². The van der Waals surface area contributed by atoms with E-state index in [2.05, 4.69) is 30.2 Å². The van der Waals surface area contributed by atoms with Crippen LogP contribution in [-0.4, -0.2) is 16.9 Å². The molecule has 4 nitrogen and oxygen atoms in total. The van der Waals surface area contributed by atoms with Gasteiger partial charge in [0.25, 0.3) is 5.91 Å². The highest BCUT2D eigenvalue weighted by molar-refractivity contribution is 7.13. The van der Waals surface area contributed by atoms with Gasteiger partial charge in [-0.25, -0.2) is 4.98 Å². The maximum atomic E-state index is 12.6. The lowest BCUT2D eigenvalue weighted by Crippen LogP contribution is -2.34. The van der Waals surface area contributed by atoms with Gasteiger partial charge in [-0.1, -0.05) is 31.7 Å². The van der Waals surface area contributed by atoms with Crippen LogP contribution < -0.4 is 10.1 Å². The van der Waals surface area contributed by atoms with Crippen molar-refractivity contribution in [3.05, 3.63) is 44.9 Å². The molecular weight excluding hydrogens is 344 g/mol. The molecule has 1 N–H and O–H groups in total. The Morgan fingerprint density at radius 1 is 1.15 bits per heavy atom. The van der Waals surface area contributed by atoms with E-state index in [1.54, 1.807) is 0 Å². The second-order valence-electron chi connectivity index (χ2n) is 7.22. The molecule has 0 bridgehead atoms. The zero-order valence-corrected chi connectivity index (χ0v) is 16.7. The van der Waals surface area contributed by atoms with Crippen LogP contribution in [0.2, 0.25) is 0 Å². The molecule has 1 aliphatic rings. The molecule has 0 radical (unpaired) electrons. The van der Waals surface area contributed by atoms with E-state index in [4.69, 9.17) is 4.74 Å². The molecule has 1 amide bonds. The Hall–Kier alpha value is -1.88. The van der Waals surface area contributed by atoms with Gasteiger partial charge in [0.1, 0.15) is 22.2 Å². The second-order valence-corrected chi connectivity index (χ2v) is 8.30. The van der Waals surface area contributed by atoms with Crippen molar-refractivity contribution in [1.82, 2.24) is 10.3 Å². The number of benzene rings is 1. The van der Waals surface area contributed by atoms with E-state index in [1.807, 2.05) is 19.1 Å². The van der Waals surface area contributed by atoms with Gasteiger partial charge >= 0.3 is 0 Å². The summed E-state index contributed by atoms with van der Waals surface area (Å²) >= 11 is 1.44. The van der Waals surface area contributed by atoms with Crippen molar-refractivity contribution in [1.29, 1.82) is 0 Å². The Labute approximate surface area is 160 Å². The third-order valence-corrected chi connectivity index (χ3v) is 6.21. The first-order valence-electron chi connectivity index (χ1n) is 9.50. The van der Waals surface area contributed by atoms with E-state index in [0.29, 0.717) is 17.5 Å². The van der Waals surface area contributed by atoms with Gasteiger partial charge in [-0.2, -0.15) is 0 Å². The molecule has 0 unspecified atom stereocenters. The van der Waals surface area contributed by atoms with Gasteiger partial charge in [0.05, 0.1) is 5.69 Å². The van der Waals surface area contributed by atoms with Gasteiger partial charge in [0, 0.05) is 6.04 Å². The molecule has 1 aromatic heterocycles. The molecule has 3 rings (SSSR count). The van der Waals surface area contributed by atoms with Crippen molar-refractivity contribution < 1.29 is 9.53 Å². The standard InChI is InChI=1S/C21H28N2O2S/c1-14-10-11-18(12-15(14)2)25-13-19-22-16(3)20(26-19)21(24)23-17-8-6-4-5-7-9-17/h10-12,17H,4-9,13H2,1-3H3,(H,23,24). The van der Waals surface area contributed by atoms with Crippen molar-refractivity contribution in [2.75, 3.05) is 0 Å². The van der Waals surface area contributed by atoms with Crippen molar-refractivity contribution in [2.24, 2.45) is 0 Å². The van der Waals surface area contributed by atoms with Gasteiger partial charge < -0.3 is 10.1 Å². The molecule has 5 heteroatoms. The fraction of sp³-hybridized carbons (Fsp3) is 0.524. The average molecular weight is 373 g/mol. The van der Waals surface area contributed by atoms with Crippen LogP contribution in [0.15, 0.2) is 18.2 Å². The first kappa shape index (κ1) is 18.9. The number of aromatic nitrogens is 1. The molecule has 26 heavy (non-hydrogen) atoms. The highest BCUT2D eigenvalue weighted by Gasteiger charge is 2.20. The predicted octanol–water partition coefficient (Wildman–Crippen LogP) is 5.10. The number of ether oxygens (including phenoxy) is 1. The number of nitrogens with one attached hydrogen (secondary N) is 1. The number of amides is 1. The first-order valence-corrected chi connectivity index (χ1v) is 10.3. The van der Waals surface area contributed by atoms with Crippen LogP contribution in [0, 0.1) is 20.8 Å². The van der Waals surface area contributed by atoms with Gasteiger partial charge in [0.2, 0.25) is 0 Å². The fourth-order valence-corrected chi connectivity index (χ4v) is 4.23. The summed E-state index contributed by atoms with van der Waals surface area (Å²) in [6.45, 7) is 6.46. The third kappa shape index (κ3) is 4.85. The van der Waals surface area contributed by atoms with E-state index in [9.17, 15) is 4.79 Å². The minimum atomic E-state index is 0.0179. The quantitative estimate of drug-likeness (QED) is 0.743. The molecule has 0 saturated heterocycles. The van der Waals surface area contributed by atoms with Crippen molar-refractivity contribution in [3.8, 4) is 5.75 Å². The molecule has 1 heterocycles. The molecule has 1 aliphatic carbocycles. The van der Waals surface area contributed by atoms with Gasteiger partial charge in [-0.15, -0.1) is 11.3 Å². The summed E-state index contributed by atoms with van der Waals surface area (Å²) in [6.07, 6.45) is 7.17. The molecule has 1 saturated carbocycles. The van der Waals surface area contributed by atoms with Crippen LogP contribution in [0.5, 0.6) is 5.75 Å². The van der Waals surface area contributed by atoms with Crippen molar-refractivity contribution in [3.63, 3.8) is 0 Å². The highest BCUT2D eigenvalue weighted by Crippen LogP contribution is 2.23. The maximum Gasteiger partial charge on any atom is 0.263 e. The summed E-state index contributed by atoms with van der Waals surface area (Å²) < 4.78 is 5.86. The SMILES string of the molecule is Cc1ccc(OCc2nc(C)c(C(=O)NC3CCCCCC3)s2)cc1C. The summed E-state index contributed by atoms with van der Waals surface area (Å²) in [5.41, 5.74) is 3.25. The number of carbonyl (C=O) groups excluding carboxylic acids is 1. The fourth-order valence-electron chi connectivity index (χ4n) is 3.35. The molecule has 2 aromatic rings. The molecule has 0 spiro atoms. The maximum absolute atomic E-state index is 12.6. The summed E-state index contributed by atoms with van der Waals surface area (Å²) in [4.78, 5) is 17.9. The predicted molar refractivity (Wildman–Crippen MR) is 106 cm³/mol. The number of carbonyl (C=O) groups is 1. The monoisotopic (exact) mass is 372 g/mol. The topological polar surface area (TPSA) is 51.2 Å². The summed E-state index contributed by atoms with van der Waals surface area (Å²) in [5.74, 6) is 0.856. The smallest absolute Gasteiger partial charge is 0.263 e. The lowest BCUT2D eigenvalue weighted by atomic mass is 10.1. The minimum Gasteiger partial charge on any atom is -0.486 e. The number of nitrogens with zero attached hydrogens (tertiary/aromatic N) is 1. The van der Waals surface area contributed by atoms with E-state index >= 15 is 0 Å². The lowest BCUT2D eigenvalue weighted by molar-refractivity contribution is 0.0936. The number of hydrogen-bond acceptors (Lipinski definition) is 4. The van der Waals surface area contributed by atoms with E-state index in [0.717, 1.165) is 29.3 Å². The Morgan fingerprint density at radius 3 is 2.58 bits per heavy atom. The molecule has 0 atom stereocenters. The molecule has 140 valence electrons. The summed E-state index contributed by atoms with van der Waals surface area (Å²) in [6, 6.07) is 6.38. The molecule has 0 aliphatic heterocycles. The Bertz CT molecular complexity index is 761. The number of aryl methyl sites for hydroxylation is 3. The van der Waals surface area contributed by atoms with Gasteiger partial charge in [-0.05, 0) is 56.9 Å². The highest BCUT2D eigenvalue weighted by atomic mass is 32.1. The average Bonchev–Trinajstić information content (AvgIpc) is 2.80. The normalized spacial score (nSPS) is 15.5. The van der Waals surface area contributed by atoms with E-state index < -0.39 is 0 Å². The van der Waals surface area contributed by atoms with Crippen LogP contribution in [-0.2, 0) is 6.61 Å². The Balaban J connectivity index is 1.60. The number of thiazole rings is 1.